The Kier molecular flexibility index (Phi) is 5.30. The van der Waals surface area contributed by atoms with Gasteiger partial charge >= 0.3 is 7.12 Å². The van der Waals surface area contributed by atoms with Crippen molar-refractivity contribution in [2.24, 2.45) is 5.92 Å². The fourth-order valence-electron chi connectivity index (χ4n) is 4.63. The molecule has 7 nitrogen and oxygen atoms in total. The first kappa shape index (κ1) is 19.4. The molecule has 3 aliphatic heterocycles. The predicted octanol–water partition coefficient (Wildman–Crippen LogP) is 2.12. The van der Waals surface area contributed by atoms with E-state index in [2.05, 4.69) is 5.32 Å². The van der Waals surface area contributed by atoms with Crippen LogP contribution < -0.4 is 5.32 Å². The summed E-state index contributed by atoms with van der Waals surface area (Å²) in [5.41, 5.74) is 1.53. The Morgan fingerprint density at radius 1 is 1.31 bits per heavy atom. The number of rotatable bonds is 5. The van der Waals surface area contributed by atoms with Crippen LogP contribution in [0.3, 0.4) is 0 Å². The zero-order chi connectivity index (χ0) is 20.0. The Labute approximate surface area is 173 Å². The van der Waals surface area contributed by atoms with Crippen LogP contribution in [0.15, 0.2) is 28.9 Å². The molecule has 4 heterocycles. The third-order valence-corrected chi connectivity index (χ3v) is 6.37. The van der Waals surface area contributed by atoms with Crippen molar-refractivity contribution in [1.82, 2.24) is 5.32 Å². The number of carbonyl (C=O) groups excluding carboxylic acids is 1. The molecule has 0 spiro atoms. The molecule has 0 unspecified atom stereocenters. The van der Waals surface area contributed by atoms with E-state index in [1.807, 2.05) is 12.1 Å². The third kappa shape index (κ3) is 3.80. The minimum atomic E-state index is -0.657. The van der Waals surface area contributed by atoms with Crippen molar-refractivity contribution >= 4 is 35.6 Å². The van der Waals surface area contributed by atoms with E-state index in [-0.39, 0.29) is 37.2 Å². The first-order chi connectivity index (χ1) is 14.1. The van der Waals surface area contributed by atoms with E-state index in [0.717, 1.165) is 30.2 Å². The van der Waals surface area contributed by atoms with Gasteiger partial charge in [0.05, 0.1) is 54.7 Å². The number of nitrogens with one attached hydrogen (secondary N) is 1. The van der Waals surface area contributed by atoms with E-state index in [9.17, 15) is 9.90 Å². The van der Waals surface area contributed by atoms with Gasteiger partial charge in [0, 0.05) is 5.39 Å². The van der Waals surface area contributed by atoms with Gasteiger partial charge in [-0.25, -0.2) is 0 Å². The standard InChI is InChI=1S/C20H23BClNO6/c22-16-3-1-2-14-11(8-26-19(14)16)6-18(21-27-9-12(24)10-28-21)23-20(25)15-7-13-4-5-17(15)29-13/h1-3,8,12-13,15,17-18,24H,4-7,9-10H2,(H,23,25)/t13-,15-,17+,18+/m1/s1. The van der Waals surface area contributed by atoms with Gasteiger partial charge in [-0.15, -0.1) is 0 Å². The average molecular weight is 420 g/mol. The molecular formula is C20H23BClNO6. The maximum Gasteiger partial charge on any atom is 0.481 e. The molecule has 9 heteroatoms. The number of fused-ring (bicyclic) bond motifs is 3. The van der Waals surface area contributed by atoms with Crippen LogP contribution in [-0.2, 0) is 25.3 Å². The minimum Gasteiger partial charge on any atom is -0.462 e. The van der Waals surface area contributed by atoms with E-state index in [0.29, 0.717) is 17.0 Å². The van der Waals surface area contributed by atoms with E-state index in [1.54, 1.807) is 12.3 Å². The number of hydrogen-bond acceptors (Lipinski definition) is 6. The summed E-state index contributed by atoms with van der Waals surface area (Å²) in [4.78, 5) is 13.0. The second kappa shape index (κ2) is 7.93. The minimum absolute atomic E-state index is 0.00391. The van der Waals surface area contributed by atoms with Gasteiger partial charge in [-0.2, -0.15) is 0 Å². The molecule has 2 bridgehead atoms. The monoisotopic (exact) mass is 419 g/mol. The second-order valence-electron chi connectivity index (χ2n) is 8.10. The van der Waals surface area contributed by atoms with Crippen LogP contribution in [0.5, 0.6) is 0 Å². The summed E-state index contributed by atoms with van der Waals surface area (Å²) in [5, 5.41) is 14.2. The van der Waals surface area contributed by atoms with Crippen molar-refractivity contribution in [3.05, 3.63) is 35.0 Å². The molecule has 3 saturated heterocycles. The van der Waals surface area contributed by atoms with Crippen molar-refractivity contribution in [2.45, 2.75) is 49.9 Å². The van der Waals surface area contributed by atoms with E-state index < -0.39 is 19.2 Å². The number of aliphatic hydroxyl groups excluding tert-OH is 1. The first-order valence-corrected chi connectivity index (χ1v) is 10.5. The summed E-state index contributed by atoms with van der Waals surface area (Å²) in [6.07, 6.45) is 4.40. The lowest BCUT2D eigenvalue weighted by Crippen LogP contribution is -2.56. The number of halogens is 1. The average Bonchev–Trinajstić information content (AvgIpc) is 3.45. The lowest BCUT2D eigenvalue weighted by molar-refractivity contribution is -0.127. The lowest BCUT2D eigenvalue weighted by atomic mass is 9.73. The van der Waals surface area contributed by atoms with Gasteiger partial charge in [0.25, 0.3) is 0 Å². The normalized spacial score (nSPS) is 28.2. The number of amides is 1. The summed E-state index contributed by atoms with van der Waals surface area (Å²) in [7, 11) is -0.647. The number of carbonyl (C=O) groups is 1. The Morgan fingerprint density at radius 3 is 2.86 bits per heavy atom. The number of benzene rings is 1. The van der Waals surface area contributed by atoms with Gasteiger partial charge in [-0.3, -0.25) is 4.79 Å². The van der Waals surface area contributed by atoms with Crippen LogP contribution in [0.25, 0.3) is 11.0 Å². The van der Waals surface area contributed by atoms with Crippen molar-refractivity contribution in [3.63, 3.8) is 0 Å². The molecule has 3 fully saturated rings. The van der Waals surface area contributed by atoms with Crippen LogP contribution in [0.1, 0.15) is 24.8 Å². The molecule has 3 aliphatic rings. The molecule has 1 aromatic carbocycles. The van der Waals surface area contributed by atoms with Crippen molar-refractivity contribution in [3.8, 4) is 0 Å². The van der Waals surface area contributed by atoms with Crippen molar-refractivity contribution in [1.29, 1.82) is 0 Å². The quantitative estimate of drug-likeness (QED) is 0.722. The van der Waals surface area contributed by atoms with Gasteiger partial charge in [0.1, 0.15) is 0 Å². The van der Waals surface area contributed by atoms with Crippen molar-refractivity contribution < 1.29 is 28.4 Å². The number of hydrogen-bond donors (Lipinski definition) is 2. The summed E-state index contributed by atoms with van der Waals surface area (Å²) < 4.78 is 22.9. The van der Waals surface area contributed by atoms with Crippen LogP contribution in [0.4, 0.5) is 0 Å². The third-order valence-electron chi connectivity index (χ3n) is 6.08. The highest BCUT2D eigenvalue weighted by atomic mass is 35.5. The zero-order valence-corrected chi connectivity index (χ0v) is 16.6. The fourth-order valence-corrected chi connectivity index (χ4v) is 4.85. The highest BCUT2D eigenvalue weighted by molar-refractivity contribution is 6.47. The number of aliphatic hydroxyl groups is 1. The summed E-state index contributed by atoms with van der Waals surface area (Å²) in [6.45, 7) is 0.346. The maximum atomic E-state index is 13.0. The van der Waals surface area contributed by atoms with E-state index >= 15 is 0 Å². The summed E-state index contributed by atoms with van der Waals surface area (Å²) in [5.74, 6) is -0.596. The van der Waals surface area contributed by atoms with Gasteiger partial charge in [-0.1, -0.05) is 23.7 Å². The van der Waals surface area contributed by atoms with Gasteiger partial charge in [0.15, 0.2) is 5.58 Å². The van der Waals surface area contributed by atoms with Gasteiger partial charge in [-0.05, 0) is 37.3 Å². The van der Waals surface area contributed by atoms with Crippen LogP contribution >= 0.6 is 11.6 Å². The number of para-hydroxylation sites is 1. The Hall–Kier alpha value is -1.58. The molecule has 2 aromatic rings. The Bertz CT molecular complexity index is 898. The molecule has 0 saturated carbocycles. The second-order valence-corrected chi connectivity index (χ2v) is 8.51. The summed E-state index contributed by atoms with van der Waals surface area (Å²) >= 11 is 6.22. The highest BCUT2D eigenvalue weighted by Gasteiger charge is 2.46. The molecule has 2 N–H and O–H groups in total. The molecule has 4 atom stereocenters. The summed E-state index contributed by atoms with van der Waals surface area (Å²) in [6, 6.07) is 5.59. The van der Waals surface area contributed by atoms with Gasteiger partial charge < -0.3 is 28.9 Å². The molecule has 1 aromatic heterocycles. The SMILES string of the molecule is O=C(N[C@@H](Cc1coc2c(Cl)cccc12)B1OCC(O)CO1)[C@@H]1C[C@H]2CC[C@@H]1O2. The van der Waals surface area contributed by atoms with Crippen LogP contribution in [-0.4, -0.2) is 55.6 Å². The number of furan rings is 1. The molecule has 29 heavy (non-hydrogen) atoms. The largest absolute Gasteiger partial charge is 0.481 e. The zero-order valence-electron chi connectivity index (χ0n) is 15.9. The highest BCUT2D eigenvalue weighted by Crippen LogP contribution is 2.39. The fraction of sp³-hybridized carbons (Fsp3) is 0.550. The topological polar surface area (TPSA) is 90.2 Å². The molecular weight excluding hydrogens is 396 g/mol. The smallest absolute Gasteiger partial charge is 0.462 e. The molecule has 0 radical (unpaired) electrons. The molecule has 5 rings (SSSR count). The van der Waals surface area contributed by atoms with Crippen LogP contribution in [0.2, 0.25) is 5.02 Å². The van der Waals surface area contributed by atoms with E-state index in [1.165, 1.54) is 0 Å². The predicted molar refractivity (Wildman–Crippen MR) is 107 cm³/mol. The first-order valence-electron chi connectivity index (χ1n) is 10.1. The molecule has 1 amide bonds. The van der Waals surface area contributed by atoms with Gasteiger partial charge in [0.2, 0.25) is 5.91 Å². The van der Waals surface area contributed by atoms with Crippen LogP contribution in [0, 0.1) is 5.92 Å². The molecule has 0 aliphatic carbocycles. The lowest BCUT2D eigenvalue weighted by Gasteiger charge is -2.31. The van der Waals surface area contributed by atoms with E-state index in [4.69, 9.17) is 30.1 Å². The Morgan fingerprint density at radius 2 is 2.14 bits per heavy atom. The van der Waals surface area contributed by atoms with Crippen molar-refractivity contribution in [2.75, 3.05) is 13.2 Å². The number of ether oxygens (including phenoxy) is 1. The molecule has 154 valence electrons. The maximum absolute atomic E-state index is 13.0. The Balaban J connectivity index is 1.36.